The van der Waals surface area contributed by atoms with Gasteiger partial charge in [0.05, 0.1) is 34.0 Å². The molecular weight excluding hydrogens is 374 g/mol. The maximum absolute atomic E-state index is 5.21. The van der Waals surface area contributed by atoms with Gasteiger partial charge in [0, 0.05) is 12.7 Å². The summed E-state index contributed by atoms with van der Waals surface area (Å²) in [4.78, 5) is 0. The highest BCUT2D eigenvalue weighted by molar-refractivity contribution is 9.10. The van der Waals surface area contributed by atoms with Crippen molar-refractivity contribution in [2.45, 2.75) is 13.5 Å². The second-order valence-electron chi connectivity index (χ2n) is 4.17. The van der Waals surface area contributed by atoms with Gasteiger partial charge < -0.3 is 10.1 Å². The molecule has 1 N–H and O–H groups in total. The summed E-state index contributed by atoms with van der Waals surface area (Å²) in [5.41, 5.74) is 3.14. The number of methoxy groups -OCH3 is 1. The van der Waals surface area contributed by atoms with Crippen LogP contribution < -0.4 is 10.1 Å². The van der Waals surface area contributed by atoms with Crippen LogP contribution in [-0.4, -0.2) is 16.9 Å². The molecule has 0 spiro atoms. The maximum atomic E-state index is 5.21. The van der Waals surface area contributed by atoms with Gasteiger partial charge in [-0.15, -0.1) is 0 Å². The lowest BCUT2D eigenvalue weighted by atomic mass is 10.3. The first kappa shape index (κ1) is 14.4. The molecule has 0 saturated carbocycles. The number of aryl methyl sites for hydroxylation is 2. The van der Waals surface area contributed by atoms with Gasteiger partial charge in [0.25, 0.3) is 0 Å². The lowest BCUT2D eigenvalue weighted by Crippen LogP contribution is -2.06. The first-order chi connectivity index (χ1) is 9.02. The number of hydrogen-bond acceptors (Lipinski definition) is 3. The Hall–Kier alpha value is -1.01. The highest BCUT2D eigenvalue weighted by Gasteiger charge is 2.10. The Morgan fingerprint density at radius 3 is 2.63 bits per heavy atom. The highest BCUT2D eigenvalue weighted by Crippen LogP contribution is 2.28. The van der Waals surface area contributed by atoms with Gasteiger partial charge in [-0.1, -0.05) is 0 Å². The average molecular weight is 389 g/mol. The minimum atomic E-state index is 0.705. The van der Waals surface area contributed by atoms with Crippen molar-refractivity contribution in [3.63, 3.8) is 0 Å². The van der Waals surface area contributed by atoms with E-state index in [4.69, 9.17) is 4.74 Å². The Labute approximate surface area is 129 Å². The van der Waals surface area contributed by atoms with Crippen LogP contribution in [0.15, 0.2) is 27.1 Å². The van der Waals surface area contributed by atoms with Crippen molar-refractivity contribution in [3.8, 4) is 5.75 Å². The zero-order chi connectivity index (χ0) is 14.0. The third-order valence-corrected chi connectivity index (χ3v) is 4.52. The minimum absolute atomic E-state index is 0.705. The summed E-state index contributed by atoms with van der Waals surface area (Å²) in [5.74, 6) is 0.822. The Balaban J connectivity index is 2.12. The van der Waals surface area contributed by atoms with Crippen LogP contribution >= 0.6 is 31.9 Å². The number of benzene rings is 1. The molecular formula is C13H15Br2N3O. The number of nitrogens with zero attached hydrogens (tertiary/aromatic N) is 2. The summed E-state index contributed by atoms with van der Waals surface area (Å²) in [6.45, 7) is 2.69. The SMILES string of the molecule is COc1ccc(NCc2c(Br)c(C)nn2C)cc1Br. The Morgan fingerprint density at radius 2 is 2.11 bits per heavy atom. The molecule has 2 aromatic rings. The lowest BCUT2D eigenvalue weighted by Gasteiger charge is -2.09. The van der Waals surface area contributed by atoms with Crippen molar-refractivity contribution in [1.82, 2.24) is 9.78 Å². The topological polar surface area (TPSA) is 39.1 Å². The first-order valence-electron chi connectivity index (χ1n) is 5.78. The number of halogens is 2. The van der Waals surface area contributed by atoms with Gasteiger partial charge in [0.1, 0.15) is 5.75 Å². The summed E-state index contributed by atoms with van der Waals surface area (Å²) in [5, 5.41) is 7.74. The van der Waals surface area contributed by atoms with Crippen LogP contribution in [0, 0.1) is 6.92 Å². The smallest absolute Gasteiger partial charge is 0.133 e. The molecule has 0 aliphatic carbocycles. The van der Waals surface area contributed by atoms with Crippen molar-refractivity contribution in [3.05, 3.63) is 38.5 Å². The van der Waals surface area contributed by atoms with Crippen LogP contribution in [0.1, 0.15) is 11.4 Å². The van der Waals surface area contributed by atoms with Crippen LogP contribution in [0.4, 0.5) is 5.69 Å². The Morgan fingerprint density at radius 1 is 1.37 bits per heavy atom. The van der Waals surface area contributed by atoms with Crippen LogP contribution in [0.25, 0.3) is 0 Å². The molecule has 2 rings (SSSR count). The van der Waals surface area contributed by atoms with E-state index in [1.54, 1.807) is 7.11 Å². The number of nitrogens with one attached hydrogen (secondary N) is 1. The lowest BCUT2D eigenvalue weighted by molar-refractivity contribution is 0.412. The molecule has 0 unspecified atom stereocenters. The second-order valence-corrected chi connectivity index (χ2v) is 5.82. The number of hydrogen-bond donors (Lipinski definition) is 1. The van der Waals surface area contributed by atoms with Crippen LogP contribution in [0.3, 0.4) is 0 Å². The van der Waals surface area contributed by atoms with E-state index in [2.05, 4.69) is 42.3 Å². The Kier molecular flexibility index (Phi) is 4.52. The van der Waals surface area contributed by atoms with Gasteiger partial charge >= 0.3 is 0 Å². The Bertz CT molecular complexity index is 596. The average Bonchev–Trinajstić information content (AvgIpc) is 2.61. The molecule has 1 aromatic heterocycles. The quantitative estimate of drug-likeness (QED) is 0.863. The van der Waals surface area contributed by atoms with Gasteiger partial charge in [0.15, 0.2) is 0 Å². The molecule has 4 nitrogen and oxygen atoms in total. The van der Waals surface area contributed by atoms with E-state index in [1.807, 2.05) is 36.9 Å². The summed E-state index contributed by atoms with van der Waals surface area (Å²) in [6.07, 6.45) is 0. The van der Waals surface area contributed by atoms with E-state index in [9.17, 15) is 0 Å². The molecule has 0 amide bonds. The molecule has 1 aromatic carbocycles. The molecule has 102 valence electrons. The van der Waals surface area contributed by atoms with E-state index in [0.717, 1.165) is 31.8 Å². The highest BCUT2D eigenvalue weighted by atomic mass is 79.9. The number of anilines is 1. The molecule has 0 fully saturated rings. The zero-order valence-electron chi connectivity index (χ0n) is 11.0. The van der Waals surface area contributed by atoms with E-state index in [-0.39, 0.29) is 0 Å². The predicted molar refractivity (Wildman–Crippen MR) is 83.7 cm³/mol. The van der Waals surface area contributed by atoms with Crippen molar-refractivity contribution in [2.75, 3.05) is 12.4 Å². The van der Waals surface area contributed by atoms with E-state index >= 15 is 0 Å². The zero-order valence-corrected chi connectivity index (χ0v) is 14.2. The van der Waals surface area contributed by atoms with Crippen LogP contribution in [-0.2, 0) is 13.6 Å². The van der Waals surface area contributed by atoms with E-state index in [0.29, 0.717) is 6.54 Å². The first-order valence-corrected chi connectivity index (χ1v) is 7.37. The normalized spacial score (nSPS) is 10.6. The third-order valence-electron chi connectivity index (χ3n) is 2.87. The molecule has 6 heteroatoms. The maximum Gasteiger partial charge on any atom is 0.133 e. The van der Waals surface area contributed by atoms with Gasteiger partial charge in [-0.05, 0) is 57.0 Å². The van der Waals surface area contributed by atoms with Crippen molar-refractivity contribution in [1.29, 1.82) is 0 Å². The van der Waals surface area contributed by atoms with Crippen LogP contribution in [0.5, 0.6) is 5.75 Å². The standard InChI is InChI=1S/C13H15Br2N3O/c1-8-13(15)11(18(2)17-8)7-16-9-4-5-12(19-3)10(14)6-9/h4-6,16H,7H2,1-3H3. The molecule has 0 radical (unpaired) electrons. The fraction of sp³-hybridized carbons (Fsp3) is 0.308. The molecule has 0 atom stereocenters. The van der Waals surface area contributed by atoms with Gasteiger partial charge in [0.2, 0.25) is 0 Å². The molecule has 19 heavy (non-hydrogen) atoms. The molecule has 0 aliphatic rings. The van der Waals surface area contributed by atoms with Crippen molar-refractivity contribution in [2.24, 2.45) is 7.05 Å². The fourth-order valence-electron chi connectivity index (χ4n) is 1.83. The fourth-order valence-corrected chi connectivity index (χ4v) is 2.85. The summed E-state index contributed by atoms with van der Waals surface area (Å²) in [6, 6.07) is 5.91. The predicted octanol–water partition coefficient (Wildman–Crippen LogP) is 3.87. The number of aromatic nitrogens is 2. The third kappa shape index (κ3) is 3.12. The van der Waals surface area contributed by atoms with Gasteiger partial charge in [-0.25, -0.2) is 0 Å². The summed E-state index contributed by atoms with van der Waals surface area (Å²) < 4.78 is 9.07. The monoisotopic (exact) mass is 387 g/mol. The largest absolute Gasteiger partial charge is 0.496 e. The van der Waals surface area contributed by atoms with Crippen LogP contribution in [0.2, 0.25) is 0 Å². The summed E-state index contributed by atoms with van der Waals surface area (Å²) in [7, 11) is 3.60. The summed E-state index contributed by atoms with van der Waals surface area (Å²) >= 11 is 7.03. The number of ether oxygens (including phenoxy) is 1. The molecule has 0 bridgehead atoms. The van der Waals surface area contributed by atoms with E-state index in [1.165, 1.54) is 0 Å². The van der Waals surface area contributed by atoms with Crippen molar-refractivity contribution < 1.29 is 4.74 Å². The van der Waals surface area contributed by atoms with E-state index < -0.39 is 0 Å². The number of rotatable bonds is 4. The van der Waals surface area contributed by atoms with Gasteiger partial charge in [-0.2, -0.15) is 5.10 Å². The van der Waals surface area contributed by atoms with Gasteiger partial charge in [-0.3, -0.25) is 4.68 Å². The molecule has 1 heterocycles. The minimum Gasteiger partial charge on any atom is -0.496 e. The molecule has 0 saturated heterocycles. The second kappa shape index (κ2) is 5.96. The van der Waals surface area contributed by atoms with Crippen molar-refractivity contribution >= 4 is 37.5 Å². The molecule has 0 aliphatic heterocycles.